The number of aliphatic hydroxyl groups excluding tert-OH is 1. The quantitative estimate of drug-likeness (QED) is 0.415. The fourth-order valence-corrected chi connectivity index (χ4v) is 2.92. The number of ether oxygens (including phenoxy) is 1. The highest BCUT2D eigenvalue weighted by Gasteiger charge is 2.41. The Bertz CT molecular complexity index is 872. The zero-order chi connectivity index (χ0) is 21.7. The summed E-state index contributed by atoms with van der Waals surface area (Å²) in [5.41, 5.74) is 5.02. The molecule has 0 radical (unpaired) electrons. The van der Waals surface area contributed by atoms with E-state index >= 15 is 0 Å². The SMILES string of the molecule is COC(=O)[C@@H](NC(=O)c1ccc(C#CC#C[C@H]2C[C@@](O)(CO)C2)cc1)C(C)(C)N. The van der Waals surface area contributed by atoms with Gasteiger partial charge in [-0.25, -0.2) is 4.79 Å². The van der Waals surface area contributed by atoms with Gasteiger partial charge in [0, 0.05) is 22.6 Å². The molecule has 0 spiro atoms. The van der Waals surface area contributed by atoms with Crippen LogP contribution in [-0.4, -0.2) is 53.0 Å². The van der Waals surface area contributed by atoms with Gasteiger partial charge in [0.15, 0.2) is 0 Å². The number of nitrogens with two attached hydrogens (primary N) is 1. The lowest BCUT2D eigenvalue weighted by Gasteiger charge is -2.39. The maximum absolute atomic E-state index is 12.4. The number of nitrogens with one attached hydrogen (secondary N) is 1. The Morgan fingerprint density at radius 1 is 1.31 bits per heavy atom. The third kappa shape index (κ3) is 6.07. The van der Waals surface area contributed by atoms with Crippen LogP contribution in [0, 0.1) is 29.6 Å². The van der Waals surface area contributed by atoms with E-state index in [1.165, 1.54) is 7.11 Å². The molecule has 0 aromatic heterocycles. The average Bonchev–Trinajstić information content (AvgIpc) is 2.66. The molecule has 0 saturated heterocycles. The Morgan fingerprint density at radius 3 is 2.45 bits per heavy atom. The molecule has 5 N–H and O–H groups in total. The van der Waals surface area contributed by atoms with Crippen LogP contribution in [0.25, 0.3) is 0 Å². The second kappa shape index (κ2) is 9.11. The molecule has 1 aliphatic rings. The van der Waals surface area contributed by atoms with Crippen LogP contribution in [0.5, 0.6) is 0 Å². The van der Waals surface area contributed by atoms with Gasteiger partial charge in [0.2, 0.25) is 0 Å². The Balaban J connectivity index is 1.97. The predicted octanol–water partition coefficient (Wildman–Crippen LogP) is 0.184. The lowest BCUT2D eigenvalue weighted by atomic mass is 9.72. The first-order valence-corrected chi connectivity index (χ1v) is 9.20. The molecule has 1 fully saturated rings. The average molecular weight is 398 g/mol. The number of carbonyl (C=O) groups is 2. The number of rotatable bonds is 5. The van der Waals surface area contributed by atoms with Gasteiger partial charge < -0.3 is 26.0 Å². The maximum atomic E-state index is 12.4. The van der Waals surface area contributed by atoms with Crippen LogP contribution in [-0.2, 0) is 9.53 Å². The Labute approximate surface area is 170 Å². The lowest BCUT2D eigenvalue weighted by molar-refractivity contribution is -0.144. The van der Waals surface area contributed by atoms with Crippen LogP contribution in [0.4, 0.5) is 0 Å². The Kier molecular flexibility index (Phi) is 7.05. The van der Waals surface area contributed by atoms with E-state index in [0.29, 0.717) is 24.0 Å². The van der Waals surface area contributed by atoms with Crippen molar-refractivity contribution in [3.63, 3.8) is 0 Å². The molecule has 1 aromatic rings. The van der Waals surface area contributed by atoms with Gasteiger partial charge in [-0.2, -0.15) is 0 Å². The predicted molar refractivity (Wildman–Crippen MR) is 107 cm³/mol. The summed E-state index contributed by atoms with van der Waals surface area (Å²) in [6.07, 6.45) is 0.905. The van der Waals surface area contributed by atoms with Gasteiger partial charge in [-0.3, -0.25) is 4.79 Å². The second-order valence-electron chi connectivity index (χ2n) is 7.84. The van der Waals surface area contributed by atoms with Gasteiger partial charge in [0.25, 0.3) is 5.91 Å². The molecule has 0 heterocycles. The van der Waals surface area contributed by atoms with E-state index < -0.39 is 29.1 Å². The zero-order valence-electron chi connectivity index (χ0n) is 16.8. The summed E-state index contributed by atoms with van der Waals surface area (Å²) < 4.78 is 4.71. The van der Waals surface area contributed by atoms with Gasteiger partial charge in [-0.05, 0) is 62.8 Å². The van der Waals surface area contributed by atoms with Crippen molar-refractivity contribution < 1.29 is 24.5 Å². The summed E-state index contributed by atoms with van der Waals surface area (Å²) in [6.45, 7) is 3.00. The molecule has 1 amide bonds. The van der Waals surface area contributed by atoms with Crippen LogP contribution in [0.15, 0.2) is 24.3 Å². The first-order chi connectivity index (χ1) is 13.6. The fourth-order valence-electron chi connectivity index (χ4n) is 2.92. The van der Waals surface area contributed by atoms with Crippen molar-refractivity contribution >= 4 is 11.9 Å². The van der Waals surface area contributed by atoms with E-state index in [1.807, 2.05) is 0 Å². The van der Waals surface area contributed by atoms with Crippen molar-refractivity contribution in [2.45, 2.75) is 43.9 Å². The first kappa shape index (κ1) is 22.4. The molecule has 0 bridgehead atoms. The second-order valence-corrected chi connectivity index (χ2v) is 7.84. The van der Waals surface area contributed by atoms with Crippen molar-refractivity contribution in [2.75, 3.05) is 13.7 Å². The minimum atomic E-state index is -0.991. The molecule has 0 aliphatic heterocycles. The standard InChI is InChI=1S/C22H26N2O5/c1-21(2,23)18(20(27)29-3)24-19(26)17-10-8-15(9-11-17)6-4-5-7-16-12-22(28,13-16)14-25/h8-11,16,18,25,28H,12-14,23H2,1-3H3,(H,24,26)/t16-,18-,22-/m1/s1. The van der Waals surface area contributed by atoms with Crippen LogP contribution in [0.3, 0.4) is 0 Å². The number of amides is 1. The molecule has 29 heavy (non-hydrogen) atoms. The molecular formula is C22H26N2O5. The van der Waals surface area contributed by atoms with Gasteiger partial charge in [0.1, 0.15) is 6.04 Å². The van der Waals surface area contributed by atoms with E-state index in [-0.39, 0.29) is 12.5 Å². The van der Waals surface area contributed by atoms with E-state index in [4.69, 9.17) is 15.6 Å². The molecule has 1 aromatic carbocycles. The van der Waals surface area contributed by atoms with Crippen molar-refractivity contribution in [2.24, 2.45) is 11.7 Å². The van der Waals surface area contributed by atoms with Crippen molar-refractivity contribution in [1.29, 1.82) is 0 Å². The summed E-state index contributed by atoms with van der Waals surface area (Å²) in [6, 6.07) is 5.57. The molecule has 1 saturated carbocycles. The lowest BCUT2D eigenvalue weighted by Crippen LogP contribution is -2.59. The molecular weight excluding hydrogens is 372 g/mol. The number of aliphatic hydroxyl groups is 2. The highest BCUT2D eigenvalue weighted by atomic mass is 16.5. The smallest absolute Gasteiger partial charge is 0.330 e. The molecule has 7 heteroatoms. The highest BCUT2D eigenvalue weighted by molar-refractivity contribution is 5.97. The summed E-state index contributed by atoms with van der Waals surface area (Å²) in [5.74, 6) is 10.3. The number of benzene rings is 1. The molecule has 7 nitrogen and oxygen atoms in total. The van der Waals surface area contributed by atoms with Crippen LogP contribution in [0.2, 0.25) is 0 Å². The minimum Gasteiger partial charge on any atom is -0.467 e. The molecule has 0 unspecified atom stereocenters. The Hall–Kier alpha value is -2.84. The molecule has 2 rings (SSSR count). The maximum Gasteiger partial charge on any atom is 0.330 e. The molecule has 154 valence electrons. The van der Waals surface area contributed by atoms with Crippen LogP contribution >= 0.6 is 0 Å². The number of methoxy groups -OCH3 is 1. The first-order valence-electron chi connectivity index (χ1n) is 9.20. The normalized spacial score (nSPS) is 21.4. The van der Waals surface area contributed by atoms with Crippen LogP contribution < -0.4 is 11.1 Å². The van der Waals surface area contributed by atoms with Crippen molar-refractivity contribution in [3.8, 4) is 23.7 Å². The minimum absolute atomic E-state index is 0.0436. The third-order valence-corrected chi connectivity index (χ3v) is 4.70. The number of carbonyl (C=O) groups excluding carboxylic acids is 2. The Morgan fingerprint density at radius 2 is 1.93 bits per heavy atom. The molecule has 1 atom stereocenters. The highest BCUT2D eigenvalue weighted by Crippen LogP contribution is 2.36. The van der Waals surface area contributed by atoms with E-state index in [2.05, 4.69) is 29.0 Å². The fraction of sp³-hybridized carbons (Fsp3) is 0.455. The monoisotopic (exact) mass is 398 g/mol. The van der Waals surface area contributed by atoms with E-state index in [0.717, 1.165) is 0 Å². The summed E-state index contributed by atoms with van der Waals surface area (Å²) in [7, 11) is 1.24. The van der Waals surface area contributed by atoms with E-state index in [1.54, 1.807) is 38.1 Å². The van der Waals surface area contributed by atoms with Crippen molar-refractivity contribution in [3.05, 3.63) is 35.4 Å². The van der Waals surface area contributed by atoms with Gasteiger partial charge >= 0.3 is 5.97 Å². The number of hydrogen-bond acceptors (Lipinski definition) is 6. The van der Waals surface area contributed by atoms with Crippen LogP contribution in [0.1, 0.15) is 42.6 Å². The number of hydrogen-bond donors (Lipinski definition) is 4. The van der Waals surface area contributed by atoms with Gasteiger partial charge in [-0.1, -0.05) is 11.8 Å². The van der Waals surface area contributed by atoms with E-state index in [9.17, 15) is 14.7 Å². The topological polar surface area (TPSA) is 122 Å². The summed E-state index contributed by atoms with van der Waals surface area (Å²) in [5, 5.41) is 21.3. The number of esters is 1. The zero-order valence-corrected chi connectivity index (χ0v) is 16.8. The van der Waals surface area contributed by atoms with Crippen molar-refractivity contribution in [1.82, 2.24) is 5.32 Å². The van der Waals surface area contributed by atoms with Gasteiger partial charge in [0.05, 0.1) is 19.3 Å². The largest absolute Gasteiger partial charge is 0.467 e. The van der Waals surface area contributed by atoms with Gasteiger partial charge in [-0.15, -0.1) is 0 Å². The summed E-state index contributed by atoms with van der Waals surface area (Å²) in [4.78, 5) is 24.3. The summed E-state index contributed by atoms with van der Waals surface area (Å²) >= 11 is 0. The third-order valence-electron chi connectivity index (χ3n) is 4.70. The molecule has 1 aliphatic carbocycles.